The van der Waals surface area contributed by atoms with Gasteiger partial charge in [-0.2, -0.15) is 5.10 Å². The normalized spacial score (nSPS) is 19.2. The van der Waals surface area contributed by atoms with E-state index >= 15 is 0 Å². The van der Waals surface area contributed by atoms with E-state index in [4.69, 9.17) is 0 Å². The molecule has 7 nitrogen and oxygen atoms in total. The molecule has 9 heteroatoms. The van der Waals surface area contributed by atoms with Crippen LogP contribution in [0.3, 0.4) is 0 Å². The molecule has 1 aliphatic heterocycles. The zero-order valence-corrected chi connectivity index (χ0v) is 17.1. The van der Waals surface area contributed by atoms with Crippen molar-refractivity contribution in [2.45, 2.75) is 46.6 Å². The molecule has 0 unspecified atom stereocenters. The van der Waals surface area contributed by atoms with Gasteiger partial charge in [0.15, 0.2) is 9.84 Å². The summed E-state index contributed by atoms with van der Waals surface area (Å²) < 4.78 is 25.2. The Hall–Kier alpha value is -1.74. The molecule has 2 aromatic heterocycles. The molecule has 0 bridgehead atoms. The molecule has 0 aliphatic carbocycles. The largest absolute Gasteiger partial charge is 0.305 e. The average Bonchev–Trinajstić information content (AvgIpc) is 3.16. The number of rotatable bonds is 5. The number of aryl methyl sites for hydroxylation is 2. The van der Waals surface area contributed by atoms with Crippen LogP contribution in [0.25, 0.3) is 0 Å². The highest BCUT2D eigenvalue weighted by Crippen LogP contribution is 2.28. The zero-order valence-electron chi connectivity index (χ0n) is 15.4. The second kappa shape index (κ2) is 7.11. The van der Waals surface area contributed by atoms with Gasteiger partial charge in [0.1, 0.15) is 11.5 Å². The standard InChI is InChI=1S/C17H24N4O3S2/c1-10(2)7-14-16(18-12(4)25-14)17(22)19-15-8-11(3)20-21(15)13-5-6-26(23,24)9-13/h8,10,13H,5-7,9H2,1-4H3,(H,19,22)/t13-/m1/s1. The van der Waals surface area contributed by atoms with Gasteiger partial charge in [0.25, 0.3) is 5.91 Å². The molecular weight excluding hydrogens is 372 g/mol. The van der Waals surface area contributed by atoms with E-state index in [1.807, 2.05) is 13.8 Å². The molecule has 1 atom stereocenters. The van der Waals surface area contributed by atoms with Crippen LogP contribution in [0.5, 0.6) is 0 Å². The summed E-state index contributed by atoms with van der Waals surface area (Å²) in [6.07, 6.45) is 1.31. The quantitative estimate of drug-likeness (QED) is 0.839. The van der Waals surface area contributed by atoms with Crippen molar-refractivity contribution < 1.29 is 13.2 Å². The maximum atomic E-state index is 12.8. The molecule has 0 aromatic carbocycles. The lowest BCUT2D eigenvalue weighted by molar-refractivity contribution is 0.102. The number of sulfone groups is 1. The molecule has 0 radical (unpaired) electrons. The summed E-state index contributed by atoms with van der Waals surface area (Å²) in [6, 6.07) is 1.53. The van der Waals surface area contributed by atoms with Gasteiger partial charge in [-0.1, -0.05) is 13.8 Å². The van der Waals surface area contributed by atoms with E-state index < -0.39 is 9.84 Å². The lowest BCUT2D eigenvalue weighted by atomic mass is 10.1. The number of nitrogens with one attached hydrogen (secondary N) is 1. The van der Waals surface area contributed by atoms with E-state index in [9.17, 15) is 13.2 Å². The molecule has 1 aliphatic rings. The van der Waals surface area contributed by atoms with Crippen molar-refractivity contribution in [2.24, 2.45) is 5.92 Å². The van der Waals surface area contributed by atoms with Crippen LogP contribution in [-0.2, 0) is 16.3 Å². The summed E-state index contributed by atoms with van der Waals surface area (Å²) in [4.78, 5) is 18.2. The molecule has 1 amide bonds. The van der Waals surface area contributed by atoms with Crippen molar-refractivity contribution in [3.8, 4) is 0 Å². The molecule has 0 saturated carbocycles. The molecule has 1 fully saturated rings. The SMILES string of the molecule is Cc1cc(NC(=O)c2nc(C)sc2CC(C)C)n([C@@H]2CCS(=O)(=O)C2)n1. The fourth-order valence-corrected chi connectivity index (χ4v) is 6.03. The number of hydrogen-bond donors (Lipinski definition) is 1. The number of amides is 1. The highest BCUT2D eigenvalue weighted by Gasteiger charge is 2.31. The highest BCUT2D eigenvalue weighted by molar-refractivity contribution is 7.91. The summed E-state index contributed by atoms with van der Waals surface area (Å²) in [7, 11) is -3.03. The highest BCUT2D eigenvalue weighted by atomic mass is 32.2. The minimum absolute atomic E-state index is 0.0609. The first-order chi connectivity index (χ1) is 12.1. The van der Waals surface area contributed by atoms with E-state index in [2.05, 4.69) is 29.2 Å². The minimum atomic E-state index is -3.03. The molecule has 3 rings (SSSR count). The molecule has 0 spiro atoms. The van der Waals surface area contributed by atoms with Gasteiger partial charge < -0.3 is 5.32 Å². The number of carbonyl (C=O) groups is 1. The van der Waals surface area contributed by atoms with Gasteiger partial charge in [0.2, 0.25) is 0 Å². The van der Waals surface area contributed by atoms with Gasteiger partial charge in [-0.25, -0.2) is 18.1 Å². The summed E-state index contributed by atoms with van der Waals surface area (Å²) in [5.74, 6) is 0.903. The second-order valence-electron chi connectivity index (χ2n) is 7.23. The Morgan fingerprint density at radius 3 is 2.77 bits per heavy atom. The third kappa shape index (κ3) is 4.15. The third-order valence-corrected chi connectivity index (χ3v) is 7.01. The predicted molar refractivity (Wildman–Crippen MR) is 103 cm³/mol. The van der Waals surface area contributed by atoms with E-state index in [-0.39, 0.29) is 23.5 Å². The van der Waals surface area contributed by atoms with Crippen molar-refractivity contribution in [1.82, 2.24) is 14.8 Å². The average molecular weight is 397 g/mol. The summed E-state index contributed by atoms with van der Waals surface area (Å²) in [5, 5.41) is 8.15. The van der Waals surface area contributed by atoms with Gasteiger partial charge in [0, 0.05) is 10.9 Å². The smallest absolute Gasteiger partial charge is 0.276 e. The first kappa shape index (κ1) is 19.0. The molecule has 142 valence electrons. The molecule has 1 N–H and O–H groups in total. The number of carbonyl (C=O) groups excluding carboxylic acids is 1. The first-order valence-corrected chi connectivity index (χ1v) is 11.3. The van der Waals surface area contributed by atoms with Crippen molar-refractivity contribution in [2.75, 3.05) is 16.8 Å². The first-order valence-electron chi connectivity index (χ1n) is 8.69. The van der Waals surface area contributed by atoms with Crippen LogP contribution in [0.1, 0.15) is 52.4 Å². The minimum Gasteiger partial charge on any atom is -0.305 e. The number of hydrogen-bond acceptors (Lipinski definition) is 6. The van der Waals surface area contributed by atoms with Crippen molar-refractivity contribution in [1.29, 1.82) is 0 Å². The van der Waals surface area contributed by atoms with Gasteiger partial charge in [-0.05, 0) is 32.6 Å². The monoisotopic (exact) mass is 396 g/mol. The van der Waals surface area contributed by atoms with Crippen molar-refractivity contribution in [3.05, 3.63) is 27.3 Å². The summed E-state index contributed by atoms with van der Waals surface area (Å²) >= 11 is 1.54. The number of aromatic nitrogens is 3. The van der Waals surface area contributed by atoms with E-state index in [1.165, 1.54) is 0 Å². The third-order valence-electron chi connectivity index (χ3n) is 4.27. The van der Waals surface area contributed by atoms with Crippen LogP contribution in [0.4, 0.5) is 5.82 Å². The maximum absolute atomic E-state index is 12.8. The molecule has 26 heavy (non-hydrogen) atoms. The van der Waals surface area contributed by atoms with Gasteiger partial charge in [-0.15, -0.1) is 11.3 Å². The van der Waals surface area contributed by atoms with Gasteiger partial charge in [-0.3, -0.25) is 4.79 Å². The van der Waals surface area contributed by atoms with E-state index in [1.54, 1.807) is 22.1 Å². The fraction of sp³-hybridized carbons (Fsp3) is 0.588. The topological polar surface area (TPSA) is 94.0 Å². The van der Waals surface area contributed by atoms with Crippen molar-refractivity contribution >= 4 is 32.9 Å². The number of thiazole rings is 1. The Balaban J connectivity index is 1.85. The van der Waals surface area contributed by atoms with Crippen LogP contribution in [0.2, 0.25) is 0 Å². The second-order valence-corrected chi connectivity index (χ2v) is 10.7. The fourth-order valence-electron chi connectivity index (χ4n) is 3.19. The zero-order chi connectivity index (χ0) is 19.1. The lowest BCUT2D eigenvalue weighted by Crippen LogP contribution is -2.20. The molecular formula is C17H24N4O3S2. The Labute approximate surface area is 157 Å². The Bertz CT molecular complexity index is 928. The van der Waals surface area contributed by atoms with Crippen LogP contribution >= 0.6 is 11.3 Å². The summed E-state index contributed by atoms with van der Waals surface area (Å²) in [5.41, 5.74) is 1.19. The maximum Gasteiger partial charge on any atom is 0.276 e. The molecule has 2 aromatic rings. The number of anilines is 1. The van der Waals surface area contributed by atoms with Crippen LogP contribution in [0, 0.1) is 19.8 Å². The van der Waals surface area contributed by atoms with Crippen LogP contribution in [-0.4, -0.2) is 40.6 Å². The Morgan fingerprint density at radius 1 is 1.42 bits per heavy atom. The summed E-state index contributed by atoms with van der Waals surface area (Å²) in [6.45, 7) is 7.93. The lowest BCUT2D eigenvalue weighted by Gasteiger charge is -2.13. The molecule has 3 heterocycles. The predicted octanol–water partition coefficient (Wildman–Crippen LogP) is 2.77. The van der Waals surface area contributed by atoms with Crippen LogP contribution in [0.15, 0.2) is 6.07 Å². The van der Waals surface area contributed by atoms with Gasteiger partial charge in [0.05, 0.1) is 28.2 Å². The molecule has 1 saturated heterocycles. The van der Waals surface area contributed by atoms with E-state index in [0.29, 0.717) is 23.9 Å². The Kier molecular flexibility index (Phi) is 5.21. The van der Waals surface area contributed by atoms with Crippen LogP contribution < -0.4 is 5.32 Å². The number of nitrogens with zero attached hydrogens (tertiary/aromatic N) is 3. The van der Waals surface area contributed by atoms with Crippen molar-refractivity contribution in [3.63, 3.8) is 0 Å². The Morgan fingerprint density at radius 2 is 2.15 bits per heavy atom. The van der Waals surface area contributed by atoms with E-state index in [0.717, 1.165) is 22.0 Å². The van der Waals surface area contributed by atoms with Gasteiger partial charge >= 0.3 is 0 Å².